The molecule has 18 heavy (non-hydrogen) atoms. The van der Waals surface area contributed by atoms with Gasteiger partial charge in [-0.05, 0) is 32.4 Å². The van der Waals surface area contributed by atoms with Gasteiger partial charge < -0.3 is 10.7 Å². The molecule has 0 bridgehead atoms. The van der Waals surface area contributed by atoms with E-state index in [1.165, 1.54) is 5.57 Å². The summed E-state index contributed by atoms with van der Waals surface area (Å²) < 4.78 is 0. The lowest BCUT2D eigenvalue weighted by Crippen LogP contribution is -2.22. The lowest BCUT2D eigenvalue weighted by atomic mass is 9.92. The van der Waals surface area contributed by atoms with Gasteiger partial charge in [0.25, 0.3) is 0 Å². The van der Waals surface area contributed by atoms with Gasteiger partial charge in [-0.1, -0.05) is 30.7 Å². The van der Waals surface area contributed by atoms with E-state index in [9.17, 15) is 5.41 Å². The van der Waals surface area contributed by atoms with E-state index in [0.29, 0.717) is 11.7 Å². The lowest BCUT2D eigenvalue weighted by Gasteiger charge is -2.21. The fourth-order valence-corrected chi connectivity index (χ4v) is 2.06. The highest BCUT2D eigenvalue weighted by molar-refractivity contribution is 6.01. The number of aliphatic imine (C=N–C) groups is 1. The minimum Gasteiger partial charge on any atom is -0.808 e. The van der Waals surface area contributed by atoms with Gasteiger partial charge >= 0.3 is 0 Å². The molecule has 0 aromatic rings. The minimum atomic E-state index is 0.255. The summed E-state index contributed by atoms with van der Waals surface area (Å²) in [7, 11) is 0. The molecule has 0 saturated heterocycles. The van der Waals surface area contributed by atoms with Gasteiger partial charge in [-0.15, -0.1) is 0 Å². The number of nitrogens with zero attached hydrogens (tertiary/aromatic N) is 2. The molecule has 1 N–H and O–H groups in total. The molecule has 1 aliphatic carbocycles. The molecule has 1 heterocycles. The van der Waals surface area contributed by atoms with Crippen molar-refractivity contribution in [2.75, 3.05) is 0 Å². The summed E-state index contributed by atoms with van der Waals surface area (Å²) in [5.41, 5.74) is 3.65. The van der Waals surface area contributed by atoms with Crippen LogP contribution in [0.4, 0.5) is 0 Å². The van der Waals surface area contributed by atoms with Crippen molar-refractivity contribution in [3.8, 4) is 0 Å². The molecule has 0 saturated carbocycles. The molecule has 0 aromatic carbocycles. The Labute approximate surface area is 108 Å². The van der Waals surface area contributed by atoms with E-state index in [1.807, 2.05) is 6.92 Å². The van der Waals surface area contributed by atoms with Crippen molar-refractivity contribution in [1.82, 2.24) is 5.32 Å². The third kappa shape index (κ3) is 3.06. The summed E-state index contributed by atoms with van der Waals surface area (Å²) >= 11 is 0. The van der Waals surface area contributed by atoms with E-state index in [0.717, 1.165) is 17.8 Å². The van der Waals surface area contributed by atoms with Crippen LogP contribution in [0, 0.1) is 5.92 Å². The van der Waals surface area contributed by atoms with Gasteiger partial charge in [0.1, 0.15) is 5.82 Å². The maximum Gasteiger partial charge on any atom is 0.128 e. The summed E-state index contributed by atoms with van der Waals surface area (Å²) in [4.78, 5) is 4.55. The van der Waals surface area contributed by atoms with Crippen molar-refractivity contribution >= 4 is 11.4 Å². The second kappa shape index (κ2) is 5.17. The number of hydrogen-bond acceptors (Lipinski definition) is 2. The highest BCUT2D eigenvalue weighted by Gasteiger charge is 2.16. The maximum atomic E-state index is 9.31. The van der Waals surface area contributed by atoms with Gasteiger partial charge in [0.2, 0.25) is 0 Å². The molecular formula is C15H18N3-. The lowest BCUT2D eigenvalue weighted by molar-refractivity contribution is 0.836. The van der Waals surface area contributed by atoms with Crippen molar-refractivity contribution in [1.29, 1.82) is 0 Å². The zero-order valence-corrected chi connectivity index (χ0v) is 11.1. The van der Waals surface area contributed by atoms with Crippen molar-refractivity contribution in [3.05, 3.63) is 52.9 Å². The number of nitrogens with one attached hydrogen (secondary N) is 1. The molecule has 0 fully saturated rings. The summed E-state index contributed by atoms with van der Waals surface area (Å²) in [5, 5.41) is 12.5. The number of rotatable bonds is 2. The Hall–Kier alpha value is -1.90. The van der Waals surface area contributed by atoms with E-state index in [-0.39, 0.29) is 5.71 Å². The van der Waals surface area contributed by atoms with Crippen LogP contribution in [0.5, 0.6) is 0 Å². The van der Waals surface area contributed by atoms with Crippen LogP contribution < -0.4 is 5.32 Å². The summed E-state index contributed by atoms with van der Waals surface area (Å²) in [6, 6.07) is 0. The van der Waals surface area contributed by atoms with Crippen LogP contribution in [-0.2, 0) is 0 Å². The fraction of sp³-hybridized carbons (Fsp3) is 0.333. The molecular weight excluding hydrogens is 222 g/mol. The van der Waals surface area contributed by atoms with Gasteiger partial charge in [-0.25, -0.2) is 4.99 Å². The van der Waals surface area contributed by atoms with E-state index >= 15 is 0 Å². The quantitative estimate of drug-likeness (QED) is 0.739. The van der Waals surface area contributed by atoms with Crippen molar-refractivity contribution in [2.45, 2.75) is 27.2 Å². The minimum absolute atomic E-state index is 0.255. The predicted octanol–water partition coefficient (Wildman–Crippen LogP) is 3.33. The number of allylic oxidation sites excluding steroid dienone is 7. The third-order valence-corrected chi connectivity index (χ3v) is 2.95. The van der Waals surface area contributed by atoms with E-state index in [4.69, 9.17) is 0 Å². The molecule has 94 valence electrons. The van der Waals surface area contributed by atoms with Crippen molar-refractivity contribution in [3.63, 3.8) is 0 Å². The second-order valence-electron chi connectivity index (χ2n) is 4.81. The van der Waals surface area contributed by atoms with Gasteiger partial charge in [0.05, 0.1) is 5.71 Å². The highest BCUT2D eigenvalue weighted by atomic mass is 15.1. The first kappa shape index (κ1) is 12.6. The average molecular weight is 240 g/mol. The molecule has 1 aliphatic heterocycles. The molecule has 1 atom stereocenters. The highest BCUT2D eigenvalue weighted by Crippen LogP contribution is 2.21. The third-order valence-electron chi connectivity index (χ3n) is 2.95. The first-order valence-corrected chi connectivity index (χ1v) is 6.17. The van der Waals surface area contributed by atoms with Crippen LogP contribution in [-0.4, -0.2) is 11.4 Å². The molecule has 0 aromatic heterocycles. The monoisotopic (exact) mass is 240 g/mol. The molecule has 0 radical (unpaired) electrons. The van der Waals surface area contributed by atoms with E-state index in [2.05, 4.69) is 41.5 Å². The smallest absolute Gasteiger partial charge is 0.128 e. The topological polar surface area (TPSA) is 46.7 Å². The Kier molecular flexibility index (Phi) is 3.60. The molecule has 2 aliphatic rings. The Balaban J connectivity index is 2.24. The second-order valence-corrected chi connectivity index (χ2v) is 4.81. The van der Waals surface area contributed by atoms with Gasteiger partial charge in [0, 0.05) is 11.6 Å². The van der Waals surface area contributed by atoms with Crippen LogP contribution in [0.2, 0.25) is 0 Å². The Morgan fingerprint density at radius 3 is 2.89 bits per heavy atom. The van der Waals surface area contributed by atoms with Gasteiger partial charge in [0.15, 0.2) is 0 Å². The van der Waals surface area contributed by atoms with Crippen molar-refractivity contribution in [2.24, 2.45) is 10.9 Å². The SMILES string of the molecule is CC(=[N-])/C=C1/N=C(C2C=CC(C)=CC2)C=C(C)N1. The van der Waals surface area contributed by atoms with Gasteiger partial charge in [-0.2, -0.15) is 5.71 Å². The standard InChI is InChI=1S/C15H18N3/c1-10-4-6-13(7-5-10)14-9-12(3)17-15(18-14)8-11(2)16/h4-6,8-9,13,17H,7H2,1-3H3/q-1/b15-8+. The van der Waals surface area contributed by atoms with E-state index in [1.54, 1.807) is 13.0 Å². The van der Waals surface area contributed by atoms with Crippen molar-refractivity contribution < 1.29 is 0 Å². The van der Waals surface area contributed by atoms with Crippen LogP contribution in [0.15, 0.2) is 52.5 Å². The van der Waals surface area contributed by atoms with Crippen LogP contribution in [0.25, 0.3) is 5.41 Å². The molecule has 0 amide bonds. The Morgan fingerprint density at radius 1 is 1.50 bits per heavy atom. The summed E-state index contributed by atoms with van der Waals surface area (Å²) in [5.74, 6) is 1.03. The average Bonchev–Trinajstić information content (AvgIpc) is 2.28. The molecule has 3 nitrogen and oxygen atoms in total. The summed E-state index contributed by atoms with van der Waals surface area (Å²) in [6.45, 7) is 5.75. The van der Waals surface area contributed by atoms with E-state index < -0.39 is 0 Å². The largest absolute Gasteiger partial charge is 0.808 e. The molecule has 0 spiro atoms. The normalized spacial score (nSPS) is 25.2. The number of hydrogen-bond donors (Lipinski definition) is 1. The fourth-order valence-electron chi connectivity index (χ4n) is 2.06. The first-order chi connectivity index (χ1) is 8.54. The molecule has 3 heteroatoms. The van der Waals surface area contributed by atoms with Crippen LogP contribution in [0.1, 0.15) is 27.2 Å². The predicted molar refractivity (Wildman–Crippen MR) is 77.5 cm³/mol. The Bertz CT molecular complexity index is 516. The Morgan fingerprint density at radius 2 is 2.28 bits per heavy atom. The molecule has 2 rings (SSSR count). The summed E-state index contributed by atoms with van der Waals surface area (Å²) in [6.07, 6.45) is 11.2. The van der Waals surface area contributed by atoms with Crippen LogP contribution in [0.3, 0.4) is 0 Å². The maximum absolute atomic E-state index is 9.31. The van der Waals surface area contributed by atoms with Crippen LogP contribution >= 0.6 is 0 Å². The zero-order valence-electron chi connectivity index (χ0n) is 11.1. The first-order valence-electron chi connectivity index (χ1n) is 6.17. The molecule has 1 unspecified atom stereocenters. The van der Waals surface area contributed by atoms with Gasteiger partial charge in [-0.3, -0.25) is 0 Å². The zero-order chi connectivity index (χ0) is 13.1.